The Balaban J connectivity index is 1.98. The van der Waals surface area contributed by atoms with Crippen molar-refractivity contribution in [1.29, 1.82) is 0 Å². The van der Waals surface area contributed by atoms with Crippen LogP contribution in [0.4, 0.5) is 4.79 Å². The first-order valence-corrected chi connectivity index (χ1v) is 4.27. The standard InChI is InChI=1S/C8H11NO3/c10-7(6-2-1-3-6)9-4-5-12-8(9)11/h6H,1-5H2. The van der Waals surface area contributed by atoms with Crippen molar-refractivity contribution in [2.75, 3.05) is 13.2 Å². The molecule has 2 amide bonds. The van der Waals surface area contributed by atoms with Crippen LogP contribution in [0.1, 0.15) is 19.3 Å². The van der Waals surface area contributed by atoms with E-state index in [0.717, 1.165) is 19.3 Å². The van der Waals surface area contributed by atoms with Gasteiger partial charge in [-0.2, -0.15) is 0 Å². The average Bonchev–Trinajstić information content (AvgIpc) is 2.31. The maximum absolute atomic E-state index is 11.5. The van der Waals surface area contributed by atoms with E-state index in [2.05, 4.69) is 4.74 Å². The topological polar surface area (TPSA) is 46.6 Å². The Morgan fingerprint density at radius 3 is 2.67 bits per heavy atom. The lowest BCUT2D eigenvalue weighted by Gasteiger charge is -2.26. The minimum Gasteiger partial charge on any atom is -0.447 e. The van der Waals surface area contributed by atoms with Gasteiger partial charge >= 0.3 is 6.09 Å². The van der Waals surface area contributed by atoms with Crippen molar-refractivity contribution in [3.8, 4) is 0 Å². The third-order valence-corrected chi connectivity index (χ3v) is 2.48. The van der Waals surface area contributed by atoms with E-state index >= 15 is 0 Å². The van der Waals surface area contributed by atoms with E-state index in [1.54, 1.807) is 0 Å². The number of nitrogens with zero attached hydrogens (tertiary/aromatic N) is 1. The lowest BCUT2D eigenvalue weighted by molar-refractivity contribution is -0.134. The number of amides is 2. The molecule has 0 unspecified atom stereocenters. The monoisotopic (exact) mass is 169 g/mol. The molecule has 12 heavy (non-hydrogen) atoms. The van der Waals surface area contributed by atoms with E-state index < -0.39 is 6.09 Å². The maximum Gasteiger partial charge on any atom is 0.416 e. The van der Waals surface area contributed by atoms with Crippen LogP contribution in [0.5, 0.6) is 0 Å². The number of hydrogen-bond donors (Lipinski definition) is 0. The molecule has 1 saturated heterocycles. The molecule has 4 heteroatoms. The Morgan fingerprint density at radius 1 is 1.50 bits per heavy atom. The van der Waals surface area contributed by atoms with Crippen LogP contribution in [0.15, 0.2) is 0 Å². The molecule has 1 aliphatic carbocycles. The Labute approximate surface area is 70.5 Å². The summed E-state index contributed by atoms with van der Waals surface area (Å²) in [6, 6.07) is 0. The molecule has 0 bridgehead atoms. The molecule has 2 fully saturated rings. The zero-order chi connectivity index (χ0) is 8.55. The minimum atomic E-state index is -0.466. The quantitative estimate of drug-likeness (QED) is 0.582. The van der Waals surface area contributed by atoms with Crippen LogP contribution >= 0.6 is 0 Å². The van der Waals surface area contributed by atoms with Gasteiger partial charge in [0.1, 0.15) is 6.61 Å². The number of imide groups is 1. The van der Waals surface area contributed by atoms with Crippen molar-refractivity contribution in [1.82, 2.24) is 4.90 Å². The summed E-state index contributed by atoms with van der Waals surface area (Å²) in [5.41, 5.74) is 0. The summed E-state index contributed by atoms with van der Waals surface area (Å²) in [5, 5.41) is 0. The van der Waals surface area contributed by atoms with Gasteiger partial charge in [-0.3, -0.25) is 4.79 Å². The molecule has 0 spiro atoms. The molecule has 0 radical (unpaired) electrons. The average molecular weight is 169 g/mol. The van der Waals surface area contributed by atoms with Gasteiger partial charge in [-0.1, -0.05) is 6.42 Å². The molecule has 4 nitrogen and oxygen atoms in total. The highest BCUT2D eigenvalue weighted by Gasteiger charge is 2.35. The smallest absolute Gasteiger partial charge is 0.416 e. The molecule has 1 heterocycles. The second-order valence-electron chi connectivity index (χ2n) is 3.23. The minimum absolute atomic E-state index is 0.0382. The van der Waals surface area contributed by atoms with Gasteiger partial charge < -0.3 is 4.74 Å². The first kappa shape index (κ1) is 7.58. The molecule has 0 atom stereocenters. The zero-order valence-electron chi connectivity index (χ0n) is 6.78. The molecule has 0 N–H and O–H groups in total. The normalized spacial score (nSPS) is 23.7. The number of rotatable bonds is 1. The fourth-order valence-electron chi connectivity index (χ4n) is 1.47. The lowest BCUT2D eigenvalue weighted by Crippen LogP contribution is -2.39. The van der Waals surface area contributed by atoms with E-state index in [1.807, 2.05) is 0 Å². The van der Waals surface area contributed by atoms with Crippen molar-refractivity contribution in [2.24, 2.45) is 5.92 Å². The summed E-state index contributed by atoms with van der Waals surface area (Å²) < 4.78 is 4.67. The first-order chi connectivity index (χ1) is 5.79. The summed E-state index contributed by atoms with van der Waals surface area (Å²) >= 11 is 0. The molecule has 0 aromatic carbocycles. The first-order valence-electron chi connectivity index (χ1n) is 4.27. The molecular formula is C8H11NO3. The van der Waals surface area contributed by atoms with Crippen LogP contribution in [0, 0.1) is 5.92 Å². The fourth-order valence-corrected chi connectivity index (χ4v) is 1.47. The van der Waals surface area contributed by atoms with Crippen molar-refractivity contribution < 1.29 is 14.3 Å². The maximum atomic E-state index is 11.5. The second-order valence-corrected chi connectivity index (χ2v) is 3.23. The zero-order valence-corrected chi connectivity index (χ0v) is 6.78. The van der Waals surface area contributed by atoms with Gasteiger partial charge in [-0.05, 0) is 12.8 Å². The predicted molar refractivity (Wildman–Crippen MR) is 40.4 cm³/mol. The molecule has 1 aliphatic heterocycles. The number of ether oxygens (including phenoxy) is 1. The lowest BCUT2D eigenvalue weighted by atomic mass is 9.84. The Morgan fingerprint density at radius 2 is 2.25 bits per heavy atom. The summed E-state index contributed by atoms with van der Waals surface area (Å²) in [4.78, 5) is 23.6. The third kappa shape index (κ3) is 1.07. The van der Waals surface area contributed by atoms with Crippen molar-refractivity contribution in [3.63, 3.8) is 0 Å². The third-order valence-electron chi connectivity index (χ3n) is 2.48. The molecular weight excluding hydrogens is 158 g/mol. The largest absolute Gasteiger partial charge is 0.447 e. The van der Waals surface area contributed by atoms with Gasteiger partial charge in [0.2, 0.25) is 5.91 Å². The highest BCUT2D eigenvalue weighted by molar-refractivity contribution is 5.94. The fraction of sp³-hybridized carbons (Fsp3) is 0.750. The van der Waals surface area contributed by atoms with Gasteiger partial charge in [-0.15, -0.1) is 0 Å². The number of hydrogen-bond acceptors (Lipinski definition) is 3. The molecule has 0 aromatic heterocycles. The van der Waals surface area contributed by atoms with E-state index in [0.29, 0.717) is 13.2 Å². The van der Waals surface area contributed by atoms with Crippen molar-refractivity contribution >= 4 is 12.0 Å². The van der Waals surface area contributed by atoms with Gasteiger partial charge in [0.05, 0.1) is 6.54 Å². The van der Waals surface area contributed by atoms with Crippen molar-refractivity contribution in [3.05, 3.63) is 0 Å². The molecule has 66 valence electrons. The highest BCUT2D eigenvalue weighted by Crippen LogP contribution is 2.28. The Bertz CT molecular complexity index is 222. The molecule has 2 aliphatic rings. The molecule has 1 saturated carbocycles. The summed E-state index contributed by atoms with van der Waals surface area (Å²) in [5.74, 6) is 0.0550. The van der Waals surface area contributed by atoms with Gasteiger partial charge in [0.25, 0.3) is 0 Å². The Kier molecular flexibility index (Phi) is 1.75. The summed E-state index contributed by atoms with van der Waals surface area (Å²) in [6.45, 7) is 0.797. The van der Waals surface area contributed by atoms with Crippen LogP contribution in [0.3, 0.4) is 0 Å². The van der Waals surface area contributed by atoms with Crippen LogP contribution in [0.2, 0.25) is 0 Å². The predicted octanol–water partition coefficient (Wildman–Crippen LogP) is 0.765. The van der Waals surface area contributed by atoms with Crippen LogP contribution in [-0.4, -0.2) is 30.1 Å². The van der Waals surface area contributed by atoms with E-state index in [-0.39, 0.29) is 11.8 Å². The van der Waals surface area contributed by atoms with Crippen LogP contribution < -0.4 is 0 Å². The number of carbonyl (C=O) groups is 2. The SMILES string of the molecule is O=C1OCCN1C(=O)C1CCC1. The Hall–Kier alpha value is -1.06. The molecule has 0 aromatic rings. The van der Waals surface area contributed by atoms with Gasteiger partial charge in [0.15, 0.2) is 0 Å². The van der Waals surface area contributed by atoms with Gasteiger partial charge in [0, 0.05) is 5.92 Å². The highest BCUT2D eigenvalue weighted by atomic mass is 16.6. The van der Waals surface area contributed by atoms with E-state index in [1.165, 1.54) is 4.90 Å². The van der Waals surface area contributed by atoms with E-state index in [4.69, 9.17) is 0 Å². The van der Waals surface area contributed by atoms with Crippen LogP contribution in [0.25, 0.3) is 0 Å². The summed E-state index contributed by atoms with van der Waals surface area (Å²) in [7, 11) is 0. The number of carbonyl (C=O) groups excluding carboxylic acids is 2. The summed E-state index contributed by atoms with van der Waals surface area (Å²) in [6.07, 6.45) is 2.51. The number of cyclic esters (lactones) is 1. The van der Waals surface area contributed by atoms with Crippen LogP contribution in [-0.2, 0) is 9.53 Å². The van der Waals surface area contributed by atoms with E-state index in [9.17, 15) is 9.59 Å². The van der Waals surface area contributed by atoms with Gasteiger partial charge in [-0.25, -0.2) is 9.69 Å². The van der Waals surface area contributed by atoms with Crippen molar-refractivity contribution in [2.45, 2.75) is 19.3 Å². The molecule has 2 rings (SSSR count). The second kappa shape index (κ2) is 2.77.